The van der Waals surface area contributed by atoms with Gasteiger partial charge in [-0.2, -0.15) is 0 Å². The van der Waals surface area contributed by atoms with E-state index in [4.69, 9.17) is 14.2 Å². The minimum absolute atomic E-state index is 0.0513. The van der Waals surface area contributed by atoms with E-state index in [0.29, 0.717) is 28.9 Å². The Balaban J connectivity index is 1.52. The average molecular weight is 482 g/mol. The average Bonchev–Trinajstić information content (AvgIpc) is 2.88. The first-order valence-corrected chi connectivity index (χ1v) is 11.1. The number of aromatic nitrogens is 2. The summed E-state index contributed by atoms with van der Waals surface area (Å²) in [6.07, 6.45) is 4.52. The number of rotatable bonds is 8. The number of carbonyl (C=O) groups is 1. The first kappa shape index (κ1) is 24.0. The minimum Gasteiger partial charge on any atom is -0.493 e. The lowest BCUT2D eigenvalue weighted by atomic mass is 10.1. The van der Waals surface area contributed by atoms with Crippen molar-refractivity contribution in [2.45, 2.75) is 25.3 Å². The monoisotopic (exact) mass is 482 g/mol. The van der Waals surface area contributed by atoms with Crippen molar-refractivity contribution in [3.05, 3.63) is 46.8 Å². The number of amides is 2. The maximum Gasteiger partial charge on any atom is 0.319 e. The largest absolute Gasteiger partial charge is 0.493 e. The Morgan fingerprint density at radius 1 is 1.17 bits per heavy atom. The van der Waals surface area contributed by atoms with Gasteiger partial charge in [-0.25, -0.2) is 14.8 Å². The third-order valence-electron chi connectivity index (χ3n) is 5.65. The van der Waals surface area contributed by atoms with Gasteiger partial charge in [0.05, 0.1) is 36.1 Å². The second-order valence-corrected chi connectivity index (χ2v) is 7.92. The van der Waals surface area contributed by atoms with Crippen LogP contribution >= 0.6 is 0 Å². The van der Waals surface area contributed by atoms with E-state index in [2.05, 4.69) is 25.9 Å². The molecule has 0 saturated carbocycles. The molecule has 0 bridgehead atoms. The molecule has 2 aromatic carbocycles. The maximum atomic E-state index is 12.3. The fourth-order valence-electron chi connectivity index (χ4n) is 3.86. The zero-order valence-electron chi connectivity index (χ0n) is 19.4. The number of nitrogens with one attached hydrogen (secondary N) is 3. The summed E-state index contributed by atoms with van der Waals surface area (Å²) in [5.41, 5.74) is 0.283. The van der Waals surface area contributed by atoms with E-state index in [9.17, 15) is 14.9 Å². The Morgan fingerprint density at radius 3 is 2.69 bits per heavy atom. The van der Waals surface area contributed by atoms with Crippen LogP contribution in [0.2, 0.25) is 0 Å². The maximum absolute atomic E-state index is 12.3. The van der Waals surface area contributed by atoms with Crippen LogP contribution in [0.4, 0.5) is 16.2 Å². The number of urea groups is 1. The first-order valence-electron chi connectivity index (χ1n) is 11.1. The Kier molecular flexibility index (Phi) is 7.41. The molecule has 0 spiro atoms. The summed E-state index contributed by atoms with van der Waals surface area (Å²) in [6.45, 7) is 1.36. The highest BCUT2D eigenvalue weighted by Crippen LogP contribution is 2.37. The molecule has 35 heavy (non-hydrogen) atoms. The van der Waals surface area contributed by atoms with Crippen LogP contribution in [0, 0.1) is 10.1 Å². The lowest BCUT2D eigenvalue weighted by Gasteiger charge is -2.23. The molecule has 0 aliphatic carbocycles. The molecule has 0 radical (unpaired) electrons. The minimum atomic E-state index is -0.586. The molecule has 4 rings (SSSR count). The van der Waals surface area contributed by atoms with Crippen molar-refractivity contribution in [1.82, 2.24) is 20.6 Å². The van der Waals surface area contributed by atoms with Gasteiger partial charge in [0, 0.05) is 18.7 Å². The van der Waals surface area contributed by atoms with Crippen molar-refractivity contribution in [3.63, 3.8) is 0 Å². The number of carbonyl (C=O) groups excluding carboxylic acids is 1. The molecule has 1 atom stereocenters. The van der Waals surface area contributed by atoms with E-state index in [1.807, 2.05) is 0 Å². The van der Waals surface area contributed by atoms with Crippen LogP contribution in [0.3, 0.4) is 0 Å². The van der Waals surface area contributed by atoms with E-state index < -0.39 is 11.0 Å². The van der Waals surface area contributed by atoms with Gasteiger partial charge in [0.1, 0.15) is 17.8 Å². The van der Waals surface area contributed by atoms with Gasteiger partial charge in [0.2, 0.25) is 5.88 Å². The van der Waals surface area contributed by atoms with Crippen LogP contribution in [0.5, 0.6) is 23.1 Å². The number of benzene rings is 2. The lowest BCUT2D eigenvalue weighted by molar-refractivity contribution is -0.384. The van der Waals surface area contributed by atoms with Crippen LogP contribution in [0.1, 0.15) is 19.3 Å². The van der Waals surface area contributed by atoms with E-state index in [-0.39, 0.29) is 29.0 Å². The van der Waals surface area contributed by atoms with Crippen LogP contribution in [0.15, 0.2) is 36.7 Å². The van der Waals surface area contributed by atoms with Crippen molar-refractivity contribution >= 4 is 28.3 Å². The molecule has 12 nitrogen and oxygen atoms in total. The highest BCUT2D eigenvalue weighted by molar-refractivity contribution is 5.92. The molecule has 2 heterocycles. The van der Waals surface area contributed by atoms with Gasteiger partial charge in [0.25, 0.3) is 5.69 Å². The van der Waals surface area contributed by atoms with Crippen LogP contribution < -0.4 is 30.2 Å². The summed E-state index contributed by atoms with van der Waals surface area (Å²) in [7, 11) is 3.02. The zero-order valence-corrected chi connectivity index (χ0v) is 19.4. The molecular weight excluding hydrogens is 456 g/mol. The number of piperidine rings is 1. The molecule has 1 aliphatic rings. The van der Waals surface area contributed by atoms with Crippen molar-refractivity contribution in [1.29, 1.82) is 0 Å². The van der Waals surface area contributed by atoms with E-state index in [0.717, 1.165) is 25.8 Å². The highest BCUT2D eigenvalue weighted by Gasteiger charge is 2.20. The quantitative estimate of drug-likeness (QED) is 0.323. The van der Waals surface area contributed by atoms with Gasteiger partial charge in [-0.15, -0.1) is 0 Å². The molecule has 184 valence electrons. The van der Waals surface area contributed by atoms with E-state index in [1.165, 1.54) is 38.7 Å². The topological polar surface area (TPSA) is 150 Å². The van der Waals surface area contributed by atoms with Crippen molar-refractivity contribution < 1.29 is 23.9 Å². The smallest absolute Gasteiger partial charge is 0.319 e. The summed E-state index contributed by atoms with van der Waals surface area (Å²) >= 11 is 0. The number of nitrogens with zero attached hydrogens (tertiary/aromatic N) is 3. The third kappa shape index (κ3) is 5.66. The molecular formula is C23H26N6O6. The highest BCUT2D eigenvalue weighted by atomic mass is 16.6. The number of methoxy groups -OCH3 is 2. The number of nitro benzene ring substituents is 1. The predicted molar refractivity (Wildman–Crippen MR) is 128 cm³/mol. The Labute approximate surface area is 201 Å². The zero-order chi connectivity index (χ0) is 24.8. The van der Waals surface area contributed by atoms with Gasteiger partial charge >= 0.3 is 6.03 Å². The molecule has 1 aromatic heterocycles. The summed E-state index contributed by atoms with van der Waals surface area (Å²) in [5.74, 6) is 1.31. The number of hydrogen-bond donors (Lipinski definition) is 3. The number of nitro groups is 1. The molecule has 3 N–H and O–H groups in total. The number of anilines is 1. The number of fused-ring (bicyclic) bond motifs is 1. The molecule has 3 aromatic rings. The van der Waals surface area contributed by atoms with Crippen LogP contribution in [-0.2, 0) is 0 Å². The van der Waals surface area contributed by atoms with Gasteiger partial charge in [0.15, 0.2) is 11.5 Å². The first-order chi connectivity index (χ1) is 17.0. The fraction of sp³-hybridized carbons (Fsp3) is 0.348. The van der Waals surface area contributed by atoms with E-state index >= 15 is 0 Å². The van der Waals surface area contributed by atoms with Gasteiger partial charge < -0.3 is 30.2 Å². The third-order valence-corrected chi connectivity index (χ3v) is 5.65. The predicted octanol–water partition coefficient (Wildman–Crippen LogP) is 3.61. The fourth-order valence-corrected chi connectivity index (χ4v) is 3.86. The van der Waals surface area contributed by atoms with Crippen molar-refractivity contribution in [2.24, 2.45) is 0 Å². The van der Waals surface area contributed by atoms with Crippen LogP contribution in [0.25, 0.3) is 10.9 Å². The van der Waals surface area contributed by atoms with E-state index in [1.54, 1.807) is 12.1 Å². The standard InChI is InChI=1S/C23H26N6O6/c1-33-20-10-16-18(11-21(20)34-2)26-13-27-22(16)35-15-6-7-17(19(9-15)29(31)32)28-23(30)25-12-14-5-3-4-8-24-14/h6-7,9-11,13-14,24H,3-5,8,12H2,1-2H3,(H2,25,28,30). The molecule has 1 aliphatic heterocycles. The SMILES string of the molecule is COc1cc2ncnc(Oc3ccc(NC(=O)NCC4CCCCN4)c([N+](=O)[O-])c3)c2cc1OC. The normalized spacial score (nSPS) is 15.3. The number of ether oxygens (including phenoxy) is 3. The molecule has 1 unspecified atom stereocenters. The second-order valence-electron chi connectivity index (χ2n) is 7.92. The lowest BCUT2D eigenvalue weighted by Crippen LogP contribution is -2.44. The van der Waals surface area contributed by atoms with Gasteiger partial charge in [-0.05, 0) is 37.6 Å². The molecule has 1 saturated heterocycles. The summed E-state index contributed by atoms with van der Waals surface area (Å²) in [4.78, 5) is 31.8. The van der Waals surface area contributed by atoms with Crippen molar-refractivity contribution in [3.8, 4) is 23.1 Å². The Bertz CT molecular complexity index is 1230. The molecule has 12 heteroatoms. The van der Waals surface area contributed by atoms with Gasteiger partial charge in [-0.1, -0.05) is 6.42 Å². The summed E-state index contributed by atoms with van der Waals surface area (Å²) in [6, 6.07) is 7.18. The Hall–Kier alpha value is -4.19. The van der Waals surface area contributed by atoms with Gasteiger partial charge in [-0.3, -0.25) is 10.1 Å². The summed E-state index contributed by atoms with van der Waals surface area (Å²) < 4.78 is 16.5. The second kappa shape index (κ2) is 10.8. The van der Waals surface area contributed by atoms with Crippen molar-refractivity contribution in [2.75, 3.05) is 32.6 Å². The molecule has 1 fully saturated rings. The van der Waals surface area contributed by atoms with Crippen LogP contribution in [-0.4, -0.2) is 54.3 Å². The Morgan fingerprint density at radius 2 is 1.97 bits per heavy atom. The molecule has 2 amide bonds. The summed E-state index contributed by atoms with van der Waals surface area (Å²) in [5, 5.41) is 20.9. The number of hydrogen-bond acceptors (Lipinski definition) is 9.